The van der Waals surface area contributed by atoms with Gasteiger partial charge in [-0.3, -0.25) is 9.69 Å². The van der Waals surface area contributed by atoms with Crippen LogP contribution < -0.4 is 10.1 Å². The highest BCUT2D eigenvalue weighted by atomic mass is 16.5. The molecule has 0 aliphatic heterocycles. The molecule has 0 atom stereocenters. The molecule has 1 aliphatic rings. The van der Waals surface area contributed by atoms with Gasteiger partial charge in [-0.2, -0.15) is 5.26 Å². The lowest BCUT2D eigenvalue weighted by molar-refractivity contribution is -0.123. The maximum atomic E-state index is 12.2. The van der Waals surface area contributed by atoms with Crippen LogP contribution in [-0.4, -0.2) is 43.1 Å². The van der Waals surface area contributed by atoms with Gasteiger partial charge in [0.15, 0.2) is 0 Å². The zero-order valence-electron chi connectivity index (χ0n) is 15.4. The predicted octanol–water partition coefficient (Wildman–Crippen LogP) is 3.04. The molecule has 1 fully saturated rings. The van der Waals surface area contributed by atoms with Gasteiger partial charge in [0.2, 0.25) is 5.91 Å². The number of hydrogen-bond donors (Lipinski definition) is 1. The molecule has 136 valence electrons. The summed E-state index contributed by atoms with van der Waals surface area (Å²) in [6, 6.07) is 10.3. The number of rotatable bonds is 8. The molecular weight excluding hydrogens is 314 g/mol. The Morgan fingerprint density at radius 1 is 1.32 bits per heavy atom. The molecule has 5 heteroatoms. The number of amides is 1. The molecule has 25 heavy (non-hydrogen) atoms. The van der Waals surface area contributed by atoms with E-state index in [1.807, 2.05) is 43.1 Å². The summed E-state index contributed by atoms with van der Waals surface area (Å²) in [4.78, 5) is 14.2. The Balaban J connectivity index is 1.67. The van der Waals surface area contributed by atoms with Crippen LogP contribution >= 0.6 is 0 Å². The summed E-state index contributed by atoms with van der Waals surface area (Å²) >= 11 is 0. The molecule has 0 radical (unpaired) electrons. The van der Waals surface area contributed by atoms with Gasteiger partial charge in [-0.15, -0.1) is 0 Å². The third-order valence-electron chi connectivity index (χ3n) is 4.75. The number of likely N-dealkylation sites (N-methyl/N-ethyl adjacent to an activating group) is 1. The summed E-state index contributed by atoms with van der Waals surface area (Å²) in [6.45, 7) is 3.74. The second-order valence-corrected chi connectivity index (χ2v) is 7.01. The number of ether oxygens (including phenoxy) is 1. The lowest BCUT2D eigenvalue weighted by Gasteiger charge is -2.32. The van der Waals surface area contributed by atoms with Crippen LogP contribution in [0.1, 0.15) is 44.1 Å². The van der Waals surface area contributed by atoms with E-state index in [2.05, 4.69) is 11.4 Å². The van der Waals surface area contributed by atoms with E-state index in [-0.39, 0.29) is 5.91 Å². The monoisotopic (exact) mass is 343 g/mol. The number of para-hydroxylation sites is 1. The van der Waals surface area contributed by atoms with E-state index in [4.69, 9.17) is 4.74 Å². The van der Waals surface area contributed by atoms with Gasteiger partial charge >= 0.3 is 0 Å². The molecule has 2 rings (SSSR count). The van der Waals surface area contributed by atoms with E-state index < -0.39 is 5.54 Å². The number of benzene rings is 1. The maximum absolute atomic E-state index is 12.2. The van der Waals surface area contributed by atoms with Crippen molar-refractivity contribution in [3.05, 3.63) is 29.8 Å². The molecule has 1 N–H and O–H groups in total. The van der Waals surface area contributed by atoms with Crippen molar-refractivity contribution in [1.82, 2.24) is 10.2 Å². The molecule has 5 nitrogen and oxygen atoms in total. The summed E-state index contributed by atoms with van der Waals surface area (Å²) in [5.74, 6) is 0.849. The minimum absolute atomic E-state index is 0.0641. The quantitative estimate of drug-likeness (QED) is 0.737. The molecule has 0 bridgehead atoms. The van der Waals surface area contributed by atoms with Crippen LogP contribution in [0.25, 0.3) is 0 Å². The average molecular weight is 343 g/mol. The van der Waals surface area contributed by atoms with Gasteiger partial charge in [0.1, 0.15) is 11.3 Å². The van der Waals surface area contributed by atoms with E-state index in [1.54, 1.807) is 0 Å². The first-order chi connectivity index (χ1) is 12.0. The molecule has 1 aromatic rings. The molecular formula is C20H29N3O2. The average Bonchev–Trinajstić information content (AvgIpc) is 2.60. The highest BCUT2D eigenvalue weighted by molar-refractivity contribution is 5.79. The first-order valence-electron chi connectivity index (χ1n) is 9.14. The second-order valence-electron chi connectivity index (χ2n) is 7.01. The second kappa shape index (κ2) is 9.43. The van der Waals surface area contributed by atoms with Gasteiger partial charge in [0.25, 0.3) is 0 Å². The Morgan fingerprint density at radius 3 is 2.72 bits per heavy atom. The fourth-order valence-electron chi connectivity index (χ4n) is 3.29. The fraction of sp³-hybridized carbons (Fsp3) is 0.600. The van der Waals surface area contributed by atoms with Crippen molar-refractivity contribution in [2.24, 2.45) is 0 Å². The van der Waals surface area contributed by atoms with Crippen LogP contribution in [-0.2, 0) is 4.79 Å². The Kier molecular flexibility index (Phi) is 7.27. The minimum Gasteiger partial charge on any atom is -0.493 e. The first-order valence-corrected chi connectivity index (χ1v) is 9.14. The SMILES string of the molecule is Cc1ccccc1OCCCN(C)CC(=O)NC1(C#N)CCCCC1. The number of nitrogens with one attached hydrogen (secondary N) is 1. The molecule has 1 aromatic carbocycles. The van der Waals surface area contributed by atoms with E-state index in [1.165, 1.54) is 0 Å². The van der Waals surface area contributed by atoms with Crippen molar-refractivity contribution in [3.63, 3.8) is 0 Å². The van der Waals surface area contributed by atoms with Crippen molar-refractivity contribution >= 4 is 5.91 Å². The number of carbonyl (C=O) groups is 1. The Bertz CT molecular complexity index is 603. The van der Waals surface area contributed by atoms with E-state index >= 15 is 0 Å². The standard InChI is InChI=1S/C20H29N3O2/c1-17-9-4-5-10-18(17)25-14-8-13-23(2)15-19(24)22-20(16-21)11-6-3-7-12-20/h4-5,9-10H,3,6-8,11-15H2,1-2H3,(H,22,24). The smallest absolute Gasteiger partial charge is 0.235 e. The van der Waals surface area contributed by atoms with Crippen molar-refractivity contribution in [2.75, 3.05) is 26.7 Å². The normalized spacial score (nSPS) is 16.2. The summed E-state index contributed by atoms with van der Waals surface area (Å²) in [5, 5.41) is 12.4. The lowest BCUT2D eigenvalue weighted by Crippen LogP contribution is -2.51. The number of carbonyl (C=O) groups excluding carboxylic acids is 1. The largest absolute Gasteiger partial charge is 0.493 e. The summed E-state index contributed by atoms with van der Waals surface area (Å²) in [6.07, 6.45) is 5.56. The Hall–Kier alpha value is -2.06. The van der Waals surface area contributed by atoms with Gasteiger partial charge in [0, 0.05) is 6.54 Å². The predicted molar refractivity (Wildman–Crippen MR) is 98.4 cm³/mol. The van der Waals surface area contributed by atoms with Gasteiger partial charge < -0.3 is 10.1 Å². The molecule has 0 aromatic heterocycles. The third-order valence-corrected chi connectivity index (χ3v) is 4.75. The van der Waals surface area contributed by atoms with Crippen molar-refractivity contribution in [2.45, 2.75) is 51.0 Å². The van der Waals surface area contributed by atoms with Gasteiger partial charge in [0.05, 0.1) is 19.2 Å². The van der Waals surface area contributed by atoms with Crippen molar-refractivity contribution < 1.29 is 9.53 Å². The van der Waals surface area contributed by atoms with Crippen LogP contribution in [0.2, 0.25) is 0 Å². The van der Waals surface area contributed by atoms with Gasteiger partial charge in [-0.25, -0.2) is 0 Å². The van der Waals surface area contributed by atoms with Crippen LogP contribution in [0.4, 0.5) is 0 Å². The van der Waals surface area contributed by atoms with Crippen molar-refractivity contribution in [3.8, 4) is 11.8 Å². The lowest BCUT2D eigenvalue weighted by atomic mass is 9.83. The Morgan fingerprint density at radius 2 is 2.04 bits per heavy atom. The van der Waals surface area contributed by atoms with Crippen LogP contribution in [0.5, 0.6) is 5.75 Å². The Labute approximate surface area is 151 Å². The minimum atomic E-state index is -0.649. The third kappa shape index (κ3) is 6.06. The van der Waals surface area contributed by atoms with E-state index in [9.17, 15) is 10.1 Å². The molecule has 0 saturated heterocycles. The molecule has 0 heterocycles. The number of hydrogen-bond acceptors (Lipinski definition) is 4. The van der Waals surface area contributed by atoms with Crippen LogP contribution in [0.15, 0.2) is 24.3 Å². The van der Waals surface area contributed by atoms with E-state index in [0.717, 1.165) is 56.4 Å². The van der Waals surface area contributed by atoms with Crippen LogP contribution in [0.3, 0.4) is 0 Å². The van der Waals surface area contributed by atoms with Crippen molar-refractivity contribution in [1.29, 1.82) is 5.26 Å². The molecule has 0 unspecified atom stereocenters. The van der Waals surface area contributed by atoms with Gasteiger partial charge in [-0.1, -0.05) is 37.5 Å². The summed E-state index contributed by atoms with van der Waals surface area (Å²) < 4.78 is 5.78. The van der Waals surface area contributed by atoms with Crippen LogP contribution in [0, 0.1) is 18.3 Å². The zero-order chi connectivity index (χ0) is 18.1. The highest BCUT2D eigenvalue weighted by Gasteiger charge is 2.33. The maximum Gasteiger partial charge on any atom is 0.235 e. The summed E-state index contributed by atoms with van der Waals surface area (Å²) in [5.41, 5.74) is 0.480. The van der Waals surface area contributed by atoms with Gasteiger partial charge in [-0.05, 0) is 44.9 Å². The zero-order valence-corrected chi connectivity index (χ0v) is 15.4. The highest BCUT2D eigenvalue weighted by Crippen LogP contribution is 2.27. The number of aryl methyl sites for hydroxylation is 1. The first kappa shape index (κ1) is 19.3. The number of nitriles is 1. The molecule has 0 spiro atoms. The number of nitrogens with zero attached hydrogens (tertiary/aromatic N) is 2. The van der Waals surface area contributed by atoms with E-state index in [0.29, 0.717) is 13.2 Å². The molecule has 1 amide bonds. The molecule has 1 aliphatic carbocycles. The molecule has 1 saturated carbocycles. The topological polar surface area (TPSA) is 65.4 Å². The fourth-order valence-corrected chi connectivity index (χ4v) is 3.29. The summed E-state index contributed by atoms with van der Waals surface area (Å²) in [7, 11) is 1.92.